The minimum atomic E-state index is -0.0848. The van der Waals surface area contributed by atoms with Crippen LogP contribution in [0.4, 0.5) is 0 Å². The molecule has 0 fully saturated rings. The van der Waals surface area contributed by atoms with Crippen LogP contribution in [0.25, 0.3) is 11.1 Å². The van der Waals surface area contributed by atoms with Gasteiger partial charge in [-0.05, 0) is 23.3 Å². The van der Waals surface area contributed by atoms with E-state index in [9.17, 15) is 5.11 Å². The zero-order chi connectivity index (χ0) is 16.8. The summed E-state index contributed by atoms with van der Waals surface area (Å²) in [7, 11) is 1.62. The Kier molecular flexibility index (Phi) is 5.08. The molecular formula is C20H19NO3. The summed E-state index contributed by atoms with van der Waals surface area (Å²) in [6, 6.07) is 17.6. The number of benzene rings is 2. The van der Waals surface area contributed by atoms with Crippen molar-refractivity contribution in [3.8, 4) is 22.6 Å². The van der Waals surface area contributed by atoms with Gasteiger partial charge < -0.3 is 14.6 Å². The van der Waals surface area contributed by atoms with Gasteiger partial charge in [-0.15, -0.1) is 0 Å². The number of pyridine rings is 1. The summed E-state index contributed by atoms with van der Waals surface area (Å²) in [5.74, 6) is 1.31. The van der Waals surface area contributed by atoms with Gasteiger partial charge in [-0.2, -0.15) is 0 Å². The summed E-state index contributed by atoms with van der Waals surface area (Å²) in [6.45, 7) is 0.353. The SMILES string of the molecule is COc1cccc(-c2ccncc2CO)c1OCc1ccccc1. The van der Waals surface area contributed by atoms with E-state index in [4.69, 9.17) is 9.47 Å². The second kappa shape index (κ2) is 7.62. The highest BCUT2D eigenvalue weighted by Gasteiger charge is 2.15. The molecule has 3 aromatic rings. The minimum Gasteiger partial charge on any atom is -0.493 e. The number of methoxy groups -OCH3 is 1. The van der Waals surface area contributed by atoms with Crippen molar-refractivity contribution in [3.63, 3.8) is 0 Å². The monoisotopic (exact) mass is 321 g/mol. The van der Waals surface area contributed by atoms with Crippen molar-refractivity contribution in [1.29, 1.82) is 0 Å². The molecule has 1 heterocycles. The third kappa shape index (κ3) is 3.39. The van der Waals surface area contributed by atoms with E-state index in [0.717, 1.165) is 22.3 Å². The molecule has 0 bridgehead atoms. The molecule has 0 radical (unpaired) electrons. The molecule has 4 heteroatoms. The molecule has 2 aromatic carbocycles. The van der Waals surface area contributed by atoms with Crippen LogP contribution in [0.3, 0.4) is 0 Å². The first-order valence-corrected chi connectivity index (χ1v) is 7.71. The summed E-state index contributed by atoms with van der Waals surface area (Å²) in [6.07, 6.45) is 3.37. The molecule has 3 rings (SSSR count). The number of para-hydroxylation sites is 1. The standard InChI is InChI=1S/C20H19NO3/c1-23-19-9-5-8-18(17-10-11-21-12-16(17)13-22)20(19)24-14-15-6-3-2-4-7-15/h2-12,22H,13-14H2,1H3. The number of hydrogen-bond donors (Lipinski definition) is 1. The van der Waals surface area contributed by atoms with Crippen molar-refractivity contribution >= 4 is 0 Å². The fourth-order valence-electron chi connectivity index (χ4n) is 2.58. The van der Waals surface area contributed by atoms with Gasteiger partial charge in [0.15, 0.2) is 11.5 Å². The Hall–Kier alpha value is -2.85. The molecule has 24 heavy (non-hydrogen) atoms. The van der Waals surface area contributed by atoms with E-state index in [1.54, 1.807) is 19.5 Å². The van der Waals surface area contributed by atoms with Gasteiger partial charge in [0.25, 0.3) is 0 Å². The van der Waals surface area contributed by atoms with Crippen molar-refractivity contribution in [2.45, 2.75) is 13.2 Å². The van der Waals surface area contributed by atoms with Crippen LogP contribution in [0.2, 0.25) is 0 Å². The third-order valence-corrected chi connectivity index (χ3v) is 3.79. The maximum Gasteiger partial charge on any atom is 0.169 e. The molecule has 122 valence electrons. The van der Waals surface area contributed by atoms with Crippen LogP contribution in [-0.2, 0) is 13.2 Å². The van der Waals surface area contributed by atoms with Crippen LogP contribution in [0.1, 0.15) is 11.1 Å². The Morgan fingerprint density at radius 2 is 1.79 bits per heavy atom. The molecule has 0 amide bonds. The van der Waals surface area contributed by atoms with E-state index in [2.05, 4.69) is 4.98 Å². The summed E-state index contributed by atoms with van der Waals surface area (Å²) in [5, 5.41) is 9.59. The predicted octanol–water partition coefficient (Wildman–Crippen LogP) is 3.83. The molecule has 0 aliphatic rings. The van der Waals surface area contributed by atoms with Crippen molar-refractivity contribution < 1.29 is 14.6 Å². The molecule has 1 aromatic heterocycles. The second-order valence-corrected chi connectivity index (χ2v) is 5.30. The molecule has 0 aliphatic carbocycles. The first kappa shape index (κ1) is 16.0. The minimum absolute atomic E-state index is 0.0848. The van der Waals surface area contributed by atoms with E-state index < -0.39 is 0 Å². The van der Waals surface area contributed by atoms with Gasteiger partial charge in [-0.25, -0.2) is 0 Å². The first-order chi connectivity index (χ1) is 11.8. The Morgan fingerprint density at radius 3 is 2.54 bits per heavy atom. The topological polar surface area (TPSA) is 51.6 Å². The number of hydrogen-bond acceptors (Lipinski definition) is 4. The van der Waals surface area contributed by atoms with Crippen molar-refractivity contribution in [1.82, 2.24) is 4.98 Å². The van der Waals surface area contributed by atoms with Crippen LogP contribution in [0.5, 0.6) is 11.5 Å². The Morgan fingerprint density at radius 1 is 0.958 bits per heavy atom. The molecular weight excluding hydrogens is 302 g/mol. The highest BCUT2D eigenvalue weighted by Crippen LogP contribution is 2.39. The lowest BCUT2D eigenvalue weighted by atomic mass is 10.0. The van der Waals surface area contributed by atoms with Crippen LogP contribution in [0.15, 0.2) is 67.0 Å². The normalized spacial score (nSPS) is 10.4. The first-order valence-electron chi connectivity index (χ1n) is 7.71. The fourth-order valence-corrected chi connectivity index (χ4v) is 2.58. The van der Waals surface area contributed by atoms with Gasteiger partial charge in [-0.3, -0.25) is 4.98 Å². The zero-order valence-electron chi connectivity index (χ0n) is 13.5. The lowest BCUT2D eigenvalue weighted by Gasteiger charge is -2.16. The van der Waals surface area contributed by atoms with Gasteiger partial charge in [0.1, 0.15) is 6.61 Å². The Balaban J connectivity index is 2.00. The predicted molar refractivity (Wildman–Crippen MR) is 92.9 cm³/mol. The molecule has 0 aliphatic heterocycles. The zero-order valence-corrected chi connectivity index (χ0v) is 13.5. The van der Waals surface area contributed by atoms with E-state index >= 15 is 0 Å². The molecule has 0 saturated carbocycles. The van der Waals surface area contributed by atoms with Crippen LogP contribution in [0, 0.1) is 0 Å². The molecule has 0 saturated heterocycles. The number of aromatic nitrogens is 1. The second-order valence-electron chi connectivity index (χ2n) is 5.30. The lowest BCUT2D eigenvalue weighted by molar-refractivity contribution is 0.280. The number of rotatable bonds is 6. The number of ether oxygens (including phenoxy) is 2. The molecule has 0 unspecified atom stereocenters. The van der Waals surface area contributed by atoms with E-state index in [1.807, 2.05) is 54.6 Å². The molecule has 0 spiro atoms. The van der Waals surface area contributed by atoms with Crippen molar-refractivity contribution in [2.75, 3.05) is 7.11 Å². The number of nitrogens with zero attached hydrogens (tertiary/aromatic N) is 1. The van der Waals surface area contributed by atoms with Gasteiger partial charge >= 0.3 is 0 Å². The quantitative estimate of drug-likeness (QED) is 0.750. The van der Waals surface area contributed by atoms with Crippen LogP contribution < -0.4 is 9.47 Å². The van der Waals surface area contributed by atoms with E-state index in [-0.39, 0.29) is 6.61 Å². The highest BCUT2D eigenvalue weighted by molar-refractivity contribution is 5.75. The van der Waals surface area contributed by atoms with Crippen LogP contribution in [-0.4, -0.2) is 17.2 Å². The maximum absolute atomic E-state index is 9.59. The summed E-state index contributed by atoms with van der Waals surface area (Å²) >= 11 is 0. The maximum atomic E-state index is 9.59. The Labute approximate surface area is 141 Å². The summed E-state index contributed by atoms with van der Waals surface area (Å²) in [4.78, 5) is 4.08. The largest absolute Gasteiger partial charge is 0.493 e. The molecule has 4 nitrogen and oxygen atoms in total. The summed E-state index contributed by atoms with van der Waals surface area (Å²) in [5.41, 5.74) is 3.58. The van der Waals surface area contributed by atoms with Crippen molar-refractivity contribution in [2.24, 2.45) is 0 Å². The smallest absolute Gasteiger partial charge is 0.169 e. The summed E-state index contributed by atoms with van der Waals surface area (Å²) < 4.78 is 11.5. The van der Waals surface area contributed by atoms with Gasteiger partial charge in [-0.1, -0.05) is 42.5 Å². The average Bonchev–Trinajstić information content (AvgIpc) is 2.66. The molecule has 1 N–H and O–H groups in total. The number of aliphatic hydroxyl groups is 1. The molecule has 0 atom stereocenters. The van der Waals surface area contributed by atoms with Crippen LogP contribution >= 0.6 is 0 Å². The highest BCUT2D eigenvalue weighted by atomic mass is 16.5. The Bertz CT molecular complexity index is 803. The van der Waals surface area contributed by atoms with Gasteiger partial charge in [0.2, 0.25) is 0 Å². The van der Waals surface area contributed by atoms with Gasteiger partial charge in [0.05, 0.1) is 13.7 Å². The number of aliphatic hydroxyl groups excluding tert-OH is 1. The van der Waals surface area contributed by atoms with Crippen molar-refractivity contribution in [3.05, 3.63) is 78.1 Å². The average molecular weight is 321 g/mol. The van der Waals surface area contributed by atoms with Gasteiger partial charge in [0, 0.05) is 23.5 Å². The lowest BCUT2D eigenvalue weighted by Crippen LogP contribution is -2.00. The van der Waals surface area contributed by atoms with E-state index in [0.29, 0.717) is 18.1 Å². The van der Waals surface area contributed by atoms with E-state index in [1.165, 1.54) is 0 Å². The third-order valence-electron chi connectivity index (χ3n) is 3.79. The fraction of sp³-hybridized carbons (Fsp3) is 0.150.